The number of pyridine rings is 1. The van der Waals surface area contributed by atoms with E-state index in [-0.39, 0.29) is 5.82 Å². The minimum Gasteiger partial charge on any atom is -0.496 e. The highest BCUT2D eigenvalue weighted by Crippen LogP contribution is 2.44. The summed E-state index contributed by atoms with van der Waals surface area (Å²) < 4.78 is 28.3. The summed E-state index contributed by atoms with van der Waals surface area (Å²) in [6, 6.07) is 17.7. The number of fused-ring (bicyclic) bond motifs is 1. The molecule has 34 heavy (non-hydrogen) atoms. The van der Waals surface area contributed by atoms with Crippen LogP contribution in [0.5, 0.6) is 5.75 Å². The van der Waals surface area contributed by atoms with Crippen LogP contribution >= 0.6 is 39.5 Å². The van der Waals surface area contributed by atoms with Gasteiger partial charge < -0.3 is 14.0 Å². The van der Waals surface area contributed by atoms with E-state index in [1.807, 2.05) is 36.4 Å². The zero-order chi connectivity index (χ0) is 23.7. The number of hydrogen-bond acceptors (Lipinski definition) is 6. The van der Waals surface area contributed by atoms with Gasteiger partial charge in [-0.25, -0.2) is 4.39 Å². The Morgan fingerprint density at radius 3 is 2.74 bits per heavy atom. The highest BCUT2D eigenvalue weighted by molar-refractivity contribution is 9.10. The van der Waals surface area contributed by atoms with Gasteiger partial charge in [0.2, 0.25) is 0 Å². The van der Waals surface area contributed by atoms with Crippen molar-refractivity contribution < 1.29 is 13.7 Å². The fourth-order valence-corrected chi connectivity index (χ4v) is 5.09. The third kappa shape index (κ3) is 4.49. The van der Waals surface area contributed by atoms with Crippen LogP contribution in [-0.4, -0.2) is 17.3 Å². The van der Waals surface area contributed by atoms with Crippen molar-refractivity contribution in [2.24, 2.45) is 0 Å². The maximum atomic E-state index is 13.8. The quantitative estimate of drug-likeness (QED) is 0.213. The Balaban J connectivity index is 1.59. The van der Waals surface area contributed by atoms with Gasteiger partial charge in [0.15, 0.2) is 5.82 Å². The second-order valence-corrected chi connectivity index (χ2v) is 9.43. The van der Waals surface area contributed by atoms with Crippen LogP contribution in [-0.2, 0) is 0 Å². The molecule has 0 aliphatic carbocycles. The molecule has 2 heterocycles. The highest BCUT2D eigenvalue weighted by Gasteiger charge is 2.18. The van der Waals surface area contributed by atoms with Crippen LogP contribution in [0.3, 0.4) is 0 Å². The Bertz CT molecular complexity index is 1500. The van der Waals surface area contributed by atoms with Crippen molar-refractivity contribution in [3.8, 4) is 28.0 Å². The summed E-state index contributed by atoms with van der Waals surface area (Å²) in [6.07, 6.45) is 3.26. The molecule has 5 nitrogen and oxygen atoms in total. The number of aromatic nitrogens is 2. The number of halogens is 3. The van der Waals surface area contributed by atoms with Gasteiger partial charge in [-0.1, -0.05) is 35.0 Å². The Morgan fingerprint density at radius 2 is 1.97 bits per heavy atom. The van der Waals surface area contributed by atoms with Crippen molar-refractivity contribution in [3.63, 3.8) is 0 Å². The molecule has 0 spiro atoms. The summed E-state index contributed by atoms with van der Waals surface area (Å²) in [6.45, 7) is 0. The molecule has 0 atom stereocenters. The number of hydrogen-bond donors (Lipinski definition) is 1. The maximum absolute atomic E-state index is 13.8. The monoisotopic (exact) mass is 555 g/mol. The Morgan fingerprint density at radius 1 is 1.09 bits per heavy atom. The van der Waals surface area contributed by atoms with Crippen LogP contribution in [0.25, 0.3) is 33.2 Å². The first-order valence-corrected chi connectivity index (χ1v) is 12.1. The first-order chi connectivity index (χ1) is 16.5. The molecule has 0 bridgehead atoms. The molecular formula is C25H16BrClFN3O2S. The number of methoxy groups -OCH3 is 1. The van der Waals surface area contributed by atoms with Crippen LogP contribution < -0.4 is 9.46 Å². The lowest BCUT2D eigenvalue weighted by Crippen LogP contribution is -1.94. The molecule has 0 unspecified atom stereocenters. The molecule has 1 N–H and O–H groups in total. The normalized spacial score (nSPS) is 11.1. The zero-order valence-corrected chi connectivity index (χ0v) is 20.8. The van der Waals surface area contributed by atoms with Crippen LogP contribution in [0.4, 0.5) is 10.2 Å². The minimum atomic E-state index is -0.328. The average Bonchev–Trinajstić information content (AvgIpc) is 3.36. The molecule has 0 saturated heterocycles. The summed E-state index contributed by atoms with van der Waals surface area (Å²) in [5.41, 5.74) is 3.87. The van der Waals surface area contributed by atoms with E-state index >= 15 is 0 Å². The number of ether oxygens (including phenoxy) is 1. The molecule has 0 amide bonds. The van der Waals surface area contributed by atoms with Crippen molar-refractivity contribution in [2.45, 2.75) is 4.90 Å². The largest absolute Gasteiger partial charge is 0.496 e. The number of benzene rings is 3. The van der Waals surface area contributed by atoms with Crippen LogP contribution in [0.15, 0.2) is 87.0 Å². The molecule has 170 valence electrons. The van der Waals surface area contributed by atoms with E-state index in [1.165, 1.54) is 30.3 Å². The Kier molecular flexibility index (Phi) is 6.45. The number of nitrogens with one attached hydrogen (secondary N) is 1. The van der Waals surface area contributed by atoms with Crippen molar-refractivity contribution in [2.75, 3.05) is 11.8 Å². The Hall–Kier alpha value is -3.07. The third-order valence-corrected chi connectivity index (χ3v) is 6.91. The average molecular weight is 557 g/mol. The lowest BCUT2D eigenvalue weighted by Gasteiger charge is -2.16. The first-order valence-electron chi connectivity index (χ1n) is 10.1. The van der Waals surface area contributed by atoms with Gasteiger partial charge in [-0.2, -0.15) is 0 Å². The van der Waals surface area contributed by atoms with Gasteiger partial charge >= 0.3 is 0 Å². The van der Waals surface area contributed by atoms with Gasteiger partial charge in [-0.05, 0) is 69.8 Å². The van der Waals surface area contributed by atoms with Gasteiger partial charge in [0.05, 0.1) is 12.6 Å². The van der Waals surface area contributed by atoms with E-state index < -0.39 is 0 Å². The van der Waals surface area contributed by atoms with E-state index in [9.17, 15) is 4.39 Å². The predicted molar refractivity (Wildman–Crippen MR) is 138 cm³/mol. The van der Waals surface area contributed by atoms with Crippen LogP contribution in [0.2, 0.25) is 5.02 Å². The van der Waals surface area contributed by atoms with Crippen LogP contribution in [0, 0.1) is 5.82 Å². The van der Waals surface area contributed by atoms with E-state index in [2.05, 4.69) is 30.8 Å². The second kappa shape index (κ2) is 9.66. The van der Waals surface area contributed by atoms with Crippen molar-refractivity contribution in [3.05, 3.63) is 88.4 Å². The van der Waals surface area contributed by atoms with Crippen molar-refractivity contribution in [1.82, 2.24) is 10.1 Å². The molecule has 2 aromatic heterocycles. The smallest absolute Gasteiger partial charge is 0.179 e. The van der Waals surface area contributed by atoms with Gasteiger partial charge in [0.25, 0.3) is 0 Å². The lowest BCUT2D eigenvalue weighted by atomic mass is 9.96. The summed E-state index contributed by atoms with van der Waals surface area (Å²) in [5, 5.41) is 5.26. The second-order valence-electron chi connectivity index (χ2n) is 7.29. The SMILES string of the molecule is COc1cc(-c2cccc(F)c2)c(Cl)cc1-c1c(Br)cnc2cc(SNc3ccon3)ccc12. The number of anilines is 1. The minimum absolute atomic E-state index is 0.328. The molecule has 0 aliphatic rings. The summed E-state index contributed by atoms with van der Waals surface area (Å²) in [7, 11) is 1.60. The van der Waals surface area contributed by atoms with Gasteiger partial charge in [0.1, 0.15) is 17.8 Å². The predicted octanol–water partition coefficient (Wildman–Crippen LogP) is 8.24. The Labute approximate surface area is 212 Å². The molecule has 0 aliphatic heterocycles. The lowest BCUT2D eigenvalue weighted by molar-refractivity contribution is 0.416. The molecule has 0 fully saturated rings. The van der Waals surface area contributed by atoms with Crippen molar-refractivity contribution >= 4 is 56.2 Å². The van der Waals surface area contributed by atoms with E-state index in [0.29, 0.717) is 27.7 Å². The molecule has 0 saturated carbocycles. The molecule has 5 rings (SSSR count). The standard InChI is InChI=1S/C25H16BrClFN3O2S/c1-32-23-12-18(14-3-2-4-15(28)9-14)21(27)11-19(23)25-17-6-5-16(10-22(17)29-13-20(25)26)34-31-24-7-8-33-30-24/h2-13H,1H3,(H,30,31). The van der Waals surface area contributed by atoms with Crippen molar-refractivity contribution in [1.29, 1.82) is 0 Å². The maximum Gasteiger partial charge on any atom is 0.179 e. The molecule has 3 aromatic carbocycles. The fraction of sp³-hybridized carbons (Fsp3) is 0.0400. The summed E-state index contributed by atoms with van der Waals surface area (Å²) >= 11 is 11.7. The zero-order valence-electron chi connectivity index (χ0n) is 17.7. The number of rotatable bonds is 6. The molecule has 5 aromatic rings. The summed E-state index contributed by atoms with van der Waals surface area (Å²) in [5.74, 6) is 0.918. The topological polar surface area (TPSA) is 60.2 Å². The van der Waals surface area contributed by atoms with Crippen LogP contribution in [0.1, 0.15) is 0 Å². The molecule has 0 radical (unpaired) electrons. The summed E-state index contributed by atoms with van der Waals surface area (Å²) in [4.78, 5) is 5.55. The highest BCUT2D eigenvalue weighted by atomic mass is 79.9. The van der Waals surface area contributed by atoms with Gasteiger partial charge in [-0.3, -0.25) is 4.98 Å². The van der Waals surface area contributed by atoms with E-state index in [0.717, 1.165) is 31.4 Å². The number of nitrogens with zero attached hydrogens (tertiary/aromatic N) is 2. The van der Waals surface area contributed by atoms with Gasteiger partial charge in [-0.15, -0.1) is 0 Å². The van der Waals surface area contributed by atoms with E-state index in [4.69, 9.17) is 20.9 Å². The van der Waals surface area contributed by atoms with Gasteiger partial charge in [0, 0.05) is 48.7 Å². The molecular weight excluding hydrogens is 541 g/mol. The first kappa shape index (κ1) is 22.7. The molecule has 9 heteroatoms. The third-order valence-electron chi connectivity index (χ3n) is 5.20. The fourth-order valence-electron chi connectivity index (χ4n) is 3.66. The van der Waals surface area contributed by atoms with E-state index in [1.54, 1.807) is 25.4 Å².